The van der Waals surface area contributed by atoms with Gasteiger partial charge >= 0.3 is 23.9 Å². The van der Waals surface area contributed by atoms with Gasteiger partial charge in [-0.25, -0.2) is 14.6 Å². The molecule has 1 aliphatic heterocycles. The van der Waals surface area contributed by atoms with Crippen LogP contribution < -0.4 is 9.64 Å². The highest BCUT2D eigenvalue weighted by Crippen LogP contribution is 2.43. The molecule has 14 nitrogen and oxygen atoms in total. The monoisotopic (exact) mass is 776 g/mol. The Morgan fingerprint density at radius 1 is 0.945 bits per heavy atom. The molecule has 0 radical (unpaired) electrons. The van der Waals surface area contributed by atoms with Gasteiger partial charge in [0, 0.05) is 61.1 Å². The highest BCUT2D eigenvalue weighted by atomic mass is 35.5. The molecule has 1 saturated heterocycles. The summed E-state index contributed by atoms with van der Waals surface area (Å²) >= 11 is 6.20. The van der Waals surface area contributed by atoms with Gasteiger partial charge in [-0.1, -0.05) is 43.2 Å². The molecule has 2 aromatic heterocycles. The maximum Gasteiger partial charge on any atom is 0.341 e. The van der Waals surface area contributed by atoms with Crippen molar-refractivity contribution in [1.82, 2.24) is 14.9 Å². The first-order valence-electron chi connectivity index (χ1n) is 17.7. The summed E-state index contributed by atoms with van der Waals surface area (Å²) in [5.74, 6) is -4.43. The van der Waals surface area contributed by atoms with Gasteiger partial charge in [-0.2, -0.15) is 0 Å². The number of carboxylic acids is 3. The van der Waals surface area contributed by atoms with Gasteiger partial charge in [0.2, 0.25) is 0 Å². The van der Waals surface area contributed by atoms with E-state index in [-0.39, 0.29) is 0 Å². The topological polar surface area (TPSA) is 203 Å². The summed E-state index contributed by atoms with van der Waals surface area (Å²) in [4.78, 5) is 55.5. The zero-order chi connectivity index (χ0) is 39.9. The molecule has 0 amide bonds. The van der Waals surface area contributed by atoms with Crippen LogP contribution in [0.1, 0.15) is 61.9 Å². The molecule has 0 bridgehead atoms. The number of halogens is 1. The van der Waals surface area contributed by atoms with Crippen LogP contribution in [0.4, 0.5) is 5.69 Å². The third kappa shape index (κ3) is 10.6. The summed E-state index contributed by atoms with van der Waals surface area (Å²) < 4.78 is 11.2. The van der Waals surface area contributed by atoms with E-state index in [9.17, 15) is 19.2 Å². The molecular weight excluding hydrogens is 732 g/mol. The van der Waals surface area contributed by atoms with Crippen LogP contribution in [0.5, 0.6) is 11.5 Å². The number of aromatic nitrogens is 2. The highest BCUT2D eigenvalue weighted by molar-refractivity contribution is 6.30. The Kier molecular flexibility index (Phi) is 12.9. The van der Waals surface area contributed by atoms with E-state index in [0.29, 0.717) is 22.5 Å². The Hall–Kier alpha value is -5.44. The number of rotatable bonds is 12. The minimum Gasteiger partial charge on any atom is -0.481 e. The minimum atomic E-state index is -2.74. The van der Waals surface area contributed by atoms with Crippen molar-refractivity contribution in [3.63, 3.8) is 0 Å². The molecule has 0 spiro atoms. The number of fused-ring (bicyclic) bond motifs is 1. The average molecular weight is 777 g/mol. The predicted molar refractivity (Wildman–Crippen MR) is 206 cm³/mol. The van der Waals surface area contributed by atoms with E-state index in [1.54, 1.807) is 17.8 Å². The number of esters is 1. The van der Waals surface area contributed by atoms with Crippen molar-refractivity contribution >= 4 is 57.8 Å². The van der Waals surface area contributed by atoms with Crippen LogP contribution in [-0.4, -0.2) is 105 Å². The van der Waals surface area contributed by atoms with Gasteiger partial charge in [0.15, 0.2) is 5.60 Å². The number of hydrogen-bond donors (Lipinski definition) is 5. The van der Waals surface area contributed by atoms with Crippen LogP contribution in [0.3, 0.4) is 0 Å². The molecule has 292 valence electrons. The first-order chi connectivity index (χ1) is 26.1. The second-order valence-electron chi connectivity index (χ2n) is 14.5. The Morgan fingerprint density at radius 3 is 2.24 bits per heavy atom. The Labute approximate surface area is 322 Å². The fourth-order valence-electron chi connectivity index (χ4n) is 6.79. The molecule has 0 atom stereocenters. The molecule has 6 rings (SSSR count). The molecular formula is C40H45ClN4O10. The number of pyridine rings is 1. The van der Waals surface area contributed by atoms with Gasteiger partial charge < -0.3 is 39.8 Å². The van der Waals surface area contributed by atoms with E-state index in [1.165, 1.54) is 24.7 Å². The number of methoxy groups -OCH3 is 1. The maximum absolute atomic E-state index is 12.5. The number of aliphatic carboxylic acids is 3. The molecule has 3 heterocycles. The van der Waals surface area contributed by atoms with Crippen molar-refractivity contribution in [3.8, 4) is 11.5 Å². The Morgan fingerprint density at radius 2 is 1.62 bits per heavy atom. The molecule has 4 aromatic rings. The molecule has 55 heavy (non-hydrogen) atoms. The van der Waals surface area contributed by atoms with Crippen molar-refractivity contribution in [1.29, 1.82) is 0 Å². The first-order valence-corrected chi connectivity index (χ1v) is 18.1. The summed E-state index contributed by atoms with van der Waals surface area (Å²) in [6.45, 7) is 9.44. The van der Waals surface area contributed by atoms with Crippen molar-refractivity contribution in [2.75, 3.05) is 44.7 Å². The number of benzene rings is 2. The number of ether oxygens (including phenoxy) is 2. The van der Waals surface area contributed by atoms with Gasteiger partial charge in [-0.15, -0.1) is 0 Å². The molecule has 0 unspecified atom stereocenters. The van der Waals surface area contributed by atoms with Crippen LogP contribution in [0.25, 0.3) is 16.6 Å². The number of H-pyrrole nitrogens is 1. The lowest BCUT2D eigenvalue weighted by Gasteiger charge is -2.39. The van der Waals surface area contributed by atoms with Crippen LogP contribution >= 0.6 is 11.6 Å². The van der Waals surface area contributed by atoms with Crippen LogP contribution in [0.2, 0.25) is 5.02 Å². The Balaban J connectivity index is 0.000000384. The van der Waals surface area contributed by atoms with Crippen LogP contribution in [0, 0.1) is 5.41 Å². The summed E-state index contributed by atoms with van der Waals surface area (Å²) in [7, 11) is 1.38. The smallest absolute Gasteiger partial charge is 0.341 e. The van der Waals surface area contributed by atoms with Gasteiger partial charge in [0.1, 0.15) is 22.7 Å². The van der Waals surface area contributed by atoms with E-state index >= 15 is 0 Å². The number of hydrogen-bond acceptors (Lipinski definition) is 10. The largest absolute Gasteiger partial charge is 0.481 e. The van der Waals surface area contributed by atoms with E-state index in [0.717, 1.165) is 67.3 Å². The zero-order valence-electron chi connectivity index (χ0n) is 30.9. The van der Waals surface area contributed by atoms with Crippen molar-refractivity contribution in [2.24, 2.45) is 5.41 Å². The standard InChI is InChI=1S/C34H37ClN4O3.C6H8O7/c1-34(2)12-10-25(30(20-34)23-4-6-26(35)7-5-23)22-38-14-16-39(17-15-38)27-8-9-29(33(40)41-3)31(19-27)42-28-18-24-11-13-36-32(24)37-21-28;7-3(8)1-6(13,5(11)12)2-4(9)10/h4-9,11,13,18-19,21H,10,12,14-17,20,22H2,1-3H3,(H,36,37);13H,1-2H2,(H,7,8)(H,9,10)(H,11,12). The SMILES string of the molecule is COC(=O)c1ccc(N2CCN(CC3=C(c4ccc(Cl)cc4)CC(C)(C)CC3)CC2)cc1Oc1cnc2[nH]ccc2c1.O=C(O)CC(O)(CC(=O)O)C(=O)O. The molecule has 2 aliphatic rings. The molecule has 1 fully saturated rings. The number of aliphatic hydroxyl groups is 1. The number of carbonyl (C=O) groups excluding carboxylic acids is 1. The van der Waals surface area contributed by atoms with Gasteiger partial charge in [0.05, 0.1) is 26.1 Å². The average Bonchev–Trinajstić information content (AvgIpc) is 3.60. The number of allylic oxidation sites excluding steroid dienone is 1. The Bertz CT molecular complexity index is 2050. The number of nitrogens with one attached hydrogen (secondary N) is 1. The van der Waals surface area contributed by atoms with Crippen molar-refractivity contribution in [2.45, 2.75) is 51.6 Å². The maximum atomic E-state index is 12.5. The third-order valence-electron chi connectivity index (χ3n) is 9.79. The second-order valence-corrected chi connectivity index (χ2v) is 15.0. The van der Waals surface area contributed by atoms with Gasteiger partial charge in [0.25, 0.3) is 0 Å². The molecule has 0 saturated carbocycles. The van der Waals surface area contributed by atoms with E-state index in [4.69, 9.17) is 41.5 Å². The lowest BCUT2D eigenvalue weighted by atomic mass is 9.72. The normalized spacial score (nSPS) is 15.9. The van der Waals surface area contributed by atoms with E-state index < -0.39 is 42.3 Å². The van der Waals surface area contributed by atoms with E-state index in [2.05, 4.69) is 45.7 Å². The zero-order valence-corrected chi connectivity index (χ0v) is 31.6. The molecule has 15 heteroatoms. The molecule has 2 aromatic carbocycles. The lowest BCUT2D eigenvalue weighted by Crippen LogP contribution is -2.47. The molecule has 1 aliphatic carbocycles. The predicted octanol–water partition coefficient (Wildman–Crippen LogP) is 6.33. The third-order valence-corrected chi connectivity index (χ3v) is 10.0. The summed E-state index contributed by atoms with van der Waals surface area (Å²) in [5, 5.41) is 35.5. The molecule has 5 N–H and O–H groups in total. The van der Waals surface area contributed by atoms with Crippen LogP contribution in [0.15, 0.2) is 72.6 Å². The summed E-state index contributed by atoms with van der Waals surface area (Å²) in [6.07, 6.45) is 4.64. The number of anilines is 1. The van der Waals surface area contributed by atoms with Gasteiger partial charge in [-0.05, 0) is 72.2 Å². The highest BCUT2D eigenvalue weighted by Gasteiger charge is 2.41. The first kappa shape index (κ1) is 40.7. The number of carbonyl (C=O) groups is 4. The van der Waals surface area contributed by atoms with Gasteiger partial charge in [-0.3, -0.25) is 14.5 Å². The fourth-order valence-corrected chi connectivity index (χ4v) is 6.91. The van der Waals surface area contributed by atoms with Crippen molar-refractivity contribution < 1.29 is 49.1 Å². The van der Waals surface area contributed by atoms with E-state index in [1.807, 2.05) is 42.6 Å². The second kappa shape index (κ2) is 17.4. The summed E-state index contributed by atoms with van der Waals surface area (Å²) in [5.41, 5.74) is 4.09. The number of nitrogens with zero attached hydrogens (tertiary/aromatic N) is 3. The number of carboxylic acid groups (broad SMARTS) is 3. The van der Waals surface area contributed by atoms with Crippen molar-refractivity contribution in [3.05, 3.63) is 88.7 Å². The summed E-state index contributed by atoms with van der Waals surface area (Å²) in [6, 6.07) is 17.9. The fraction of sp³-hybridized carbons (Fsp3) is 0.375. The van der Waals surface area contributed by atoms with Crippen LogP contribution in [-0.2, 0) is 19.1 Å². The minimum absolute atomic E-state index is 0.302. The quantitative estimate of drug-likeness (QED) is 0.1000. The number of aromatic amines is 1. The lowest BCUT2D eigenvalue weighted by molar-refractivity contribution is -0.170. The number of piperazine rings is 1.